The molecule has 0 aromatic heterocycles. The summed E-state index contributed by atoms with van der Waals surface area (Å²) >= 11 is 0. The predicted octanol–water partition coefficient (Wildman–Crippen LogP) is 4.00. The summed E-state index contributed by atoms with van der Waals surface area (Å²) in [5, 5.41) is 0. The molecule has 3 rings (SSSR count). The number of ether oxygens (including phenoxy) is 4. The van der Waals surface area contributed by atoms with Crippen LogP contribution in [0.15, 0.2) is 42.5 Å². The molecule has 122 valence electrons. The van der Waals surface area contributed by atoms with E-state index in [-0.39, 0.29) is 0 Å². The minimum atomic E-state index is 0.586. The smallest absolute Gasteiger partial charge is 0.161 e. The third-order valence-electron chi connectivity index (χ3n) is 3.56. The topological polar surface area (TPSA) is 36.9 Å². The summed E-state index contributed by atoms with van der Waals surface area (Å²) in [5.74, 6) is 3.14. The monoisotopic (exact) mass is 314 g/mol. The van der Waals surface area contributed by atoms with E-state index in [1.807, 2.05) is 49.4 Å². The largest absolute Gasteiger partial charge is 0.490 e. The Bertz CT molecular complexity index is 639. The fraction of sp³-hybridized carbons (Fsp3) is 0.368. The standard InChI is InChI=1S/C19H22O4/c1-15-8-9-18-19(14-15)23-13-5-11-21-17-7-3-2-6-16(17)20-10-4-12-22-18/h2-3,6-9,14H,4-5,10-13H2,1H3. The van der Waals surface area contributed by atoms with Crippen molar-refractivity contribution < 1.29 is 18.9 Å². The summed E-state index contributed by atoms with van der Waals surface area (Å²) in [6.45, 7) is 4.39. The molecule has 0 atom stereocenters. The van der Waals surface area contributed by atoms with E-state index in [4.69, 9.17) is 18.9 Å². The van der Waals surface area contributed by atoms with Gasteiger partial charge >= 0.3 is 0 Å². The van der Waals surface area contributed by atoms with Crippen LogP contribution in [0, 0.1) is 6.92 Å². The number of fused-ring (bicyclic) bond motifs is 2. The van der Waals surface area contributed by atoms with Crippen LogP contribution in [0.2, 0.25) is 0 Å². The Morgan fingerprint density at radius 3 is 1.65 bits per heavy atom. The van der Waals surface area contributed by atoms with Gasteiger partial charge in [0.1, 0.15) is 0 Å². The molecule has 0 N–H and O–H groups in total. The molecule has 0 spiro atoms. The first-order valence-electron chi connectivity index (χ1n) is 8.04. The Balaban J connectivity index is 1.69. The van der Waals surface area contributed by atoms with Crippen LogP contribution in [0.25, 0.3) is 0 Å². The molecule has 1 aliphatic heterocycles. The lowest BCUT2D eigenvalue weighted by Gasteiger charge is -2.16. The molecule has 0 amide bonds. The maximum atomic E-state index is 5.86. The second-order valence-corrected chi connectivity index (χ2v) is 5.50. The lowest BCUT2D eigenvalue weighted by molar-refractivity contribution is 0.203. The van der Waals surface area contributed by atoms with Gasteiger partial charge in [0.05, 0.1) is 26.4 Å². The normalized spacial score (nSPS) is 15.5. The van der Waals surface area contributed by atoms with E-state index in [1.54, 1.807) is 0 Å². The molecule has 0 unspecified atom stereocenters. The number of hydrogen-bond acceptors (Lipinski definition) is 4. The SMILES string of the molecule is Cc1ccc2c(c1)OCCCOc1ccccc1OCCCO2. The van der Waals surface area contributed by atoms with Crippen LogP contribution in [0.3, 0.4) is 0 Å². The molecule has 0 radical (unpaired) electrons. The van der Waals surface area contributed by atoms with Gasteiger partial charge < -0.3 is 18.9 Å². The van der Waals surface area contributed by atoms with Crippen LogP contribution >= 0.6 is 0 Å². The van der Waals surface area contributed by atoms with Gasteiger partial charge in [0.25, 0.3) is 0 Å². The summed E-state index contributed by atoms with van der Waals surface area (Å²) < 4.78 is 23.3. The van der Waals surface area contributed by atoms with E-state index in [9.17, 15) is 0 Å². The molecule has 0 bridgehead atoms. The van der Waals surface area contributed by atoms with Gasteiger partial charge in [-0.05, 0) is 36.8 Å². The predicted molar refractivity (Wildman–Crippen MR) is 88.8 cm³/mol. The summed E-state index contributed by atoms with van der Waals surface area (Å²) in [7, 11) is 0. The zero-order valence-corrected chi connectivity index (χ0v) is 13.4. The number of hydrogen-bond donors (Lipinski definition) is 0. The average Bonchev–Trinajstić information content (AvgIpc) is 2.56. The number of aryl methyl sites for hydroxylation is 1. The number of para-hydroxylation sites is 2. The molecular formula is C19H22O4. The van der Waals surface area contributed by atoms with Gasteiger partial charge in [-0.1, -0.05) is 18.2 Å². The van der Waals surface area contributed by atoms with Gasteiger partial charge in [-0.3, -0.25) is 0 Å². The molecule has 1 aliphatic rings. The molecule has 0 aliphatic carbocycles. The van der Waals surface area contributed by atoms with Crippen molar-refractivity contribution in [2.45, 2.75) is 19.8 Å². The molecule has 0 saturated carbocycles. The lowest BCUT2D eigenvalue weighted by Crippen LogP contribution is -2.10. The number of rotatable bonds is 0. The minimum Gasteiger partial charge on any atom is -0.490 e. The van der Waals surface area contributed by atoms with E-state index >= 15 is 0 Å². The van der Waals surface area contributed by atoms with Crippen LogP contribution in [-0.4, -0.2) is 26.4 Å². The highest BCUT2D eigenvalue weighted by atomic mass is 16.5. The molecule has 23 heavy (non-hydrogen) atoms. The van der Waals surface area contributed by atoms with E-state index in [0.717, 1.165) is 41.4 Å². The van der Waals surface area contributed by atoms with Crippen molar-refractivity contribution >= 4 is 0 Å². The van der Waals surface area contributed by atoms with Gasteiger partial charge in [-0.2, -0.15) is 0 Å². The highest BCUT2D eigenvalue weighted by Gasteiger charge is 2.08. The average molecular weight is 314 g/mol. The van der Waals surface area contributed by atoms with Crippen molar-refractivity contribution in [1.82, 2.24) is 0 Å². The lowest BCUT2D eigenvalue weighted by atomic mass is 10.2. The molecule has 2 aromatic rings. The fourth-order valence-corrected chi connectivity index (χ4v) is 2.38. The van der Waals surface area contributed by atoms with E-state index in [0.29, 0.717) is 26.4 Å². The van der Waals surface area contributed by atoms with Crippen molar-refractivity contribution in [3.05, 3.63) is 48.0 Å². The molecule has 4 heteroatoms. The zero-order valence-electron chi connectivity index (χ0n) is 13.4. The molecule has 0 fully saturated rings. The highest BCUT2D eigenvalue weighted by molar-refractivity contribution is 5.42. The Kier molecular flexibility index (Phi) is 5.25. The van der Waals surface area contributed by atoms with E-state index < -0.39 is 0 Å². The van der Waals surface area contributed by atoms with Gasteiger partial charge in [-0.15, -0.1) is 0 Å². The van der Waals surface area contributed by atoms with Crippen molar-refractivity contribution in [3.8, 4) is 23.0 Å². The van der Waals surface area contributed by atoms with Crippen molar-refractivity contribution in [2.24, 2.45) is 0 Å². The Morgan fingerprint density at radius 1 is 0.609 bits per heavy atom. The van der Waals surface area contributed by atoms with Crippen molar-refractivity contribution in [2.75, 3.05) is 26.4 Å². The van der Waals surface area contributed by atoms with Gasteiger partial charge in [0.15, 0.2) is 23.0 Å². The summed E-state index contributed by atoms with van der Waals surface area (Å²) in [5.41, 5.74) is 1.15. The maximum Gasteiger partial charge on any atom is 0.161 e. The quantitative estimate of drug-likeness (QED) is 0.736. The Hall–Kier alpha value is -2.36. The van der Waals surface area contributed by atoms with Crippen LogP contribution in [-0.2, 0) is 0 Å². The summed E-state index contributed by atoms with van der Waals surface area (Å²) in [6, 6.07) is 13.7. The first kappa shape index (κ1) is 15.5. The molecule has 0 saturated heterocycles. The molecule has 2 aromatic carbocycles. The van der Waals surface area contributed by atoms with Crippen LogP contribution in [0.4, 0.5) is 0 Å². The number of benzene rings is 2. The van der Waals surface area contributed by atoms with Gasteiger partial charge in [0, 0.05) is 12.8 Å². The summed E-state index contributed by atoms with van der Waals surface area (Å²) in [6.07, 6.45) is 1.59. The van der Waals surface area contributed by atoms with E-state index in [1.165, 1.54) is 0 Å². The molecule has 4 nitrogen and oxygen atoms in total. The third-order valence-corrected chi connectivity index (χ3v) is 3.56. The first-order valence-corrected chi connectivity index (χ1v) is 8.04. The van der Waals surface area contributed by atoms with Crippen molar-refractivity contribution in [3.63, 3.8) is 0 Å². The second-order valence-electron chi connectivity index (χ2n) is 5.50. The molecular weight excluding hydrogens is 292 g/mol. The van der Waals surface area contributed by atoms with Crippen LogP contribution in [0.1, 0.15) is 18.4 Å². The van der Waals surface area contributed by atoms with Crippen LogP contribution in [0.5, 0.6) is 23.0 Å². The highest BCUT2D eigenvalue weighted by Crippen LogP contribution is 2.30. The maximum absolute atomic E-state index is 5.86. The molecule has 1 heterocycles. The minimum absolute atomic E-state index is 0.586. The van der Waals surface area contributed by atoms with Crippen LogP contribution < -0.4 is 18.9 Å². The fourth-order valence-electron chi connectivity index (χ4n) is 2.38. The second kappa shape index (κ2) is 7.77. The Labute approximate surface area is 136 Å². The Morgan fingerprint density at radius 2 is 1.09 bits per heavy atom. The van der Waals surface area contributed by atoms with Gasteiger partial charge in [0.2, 0.25) is 0 Å². The van der Waals surface area contributed by atoms with Crippen molar-refractivity contribution in [1.29, 1.82) is 0 Å². The van der Waals surface area contributed by atoms with Gasteiger partial charge in [-0.25, -0.2) is 0 Å². The summed E-state index contributed by atoms with van der Waals surface area (Å²) in [4.78, 5) is 0. The van der Waals surface area contributed by atoms with E-state index in [2.05, 4.69) is 0 Å². The zero-order chi connectivity index (χ0) is 15.9. The third kappa shape index (κ3) is 4.31. The first-order chi connectivity index (χ1) is 11.3.